The highest BCUT2D eigenvalue weighted by molar-refractivity contribution is 5.93. The molecule has 1 N–H and O–H groups in total. The zero-order chi connectivity index (χ0) is 10.4. The SMILES string of the molecule is CC#CC(=O)NC(CC)c1cocn1. The second-order valence-corrected chi connectivity index (χ2v) is 2.72. The maximum absolute atomic E-state index is 11.2. The molecule has 0 fully saturated rings. The van der Waals surface area contributed by atoms with E-state index in [1.807, 2.05) is 6.92 Å². The number of hydrogen-bond donors (Lipinski definition) is 1. The molecule has 1 aromatic rings. The van der Waals surface area contributed by atoms with E-state index >= 15 is 0 Å². The molecular weight excluding hydrogens is 180 g/mol. The van der Waals surface area contributed by atoms with Crippen molar-refractivity contribution in [2.24, 2.45) is 0 Å². The van der Waals surface area contributed by atoms with Gasteiger partial charge in [0.2, 0.25) is 0 Å². The highest BCUT2D eigenvalue weighted by Crippen LogP contribution is 2.13. The van der Waals surface area contributed by atoms with Gasteiger partial charge < -0.3 is 9.73 Å². The fraction of sp³-hybridized carbons (Fsp3) is 0.400. The van der Waals surface area contributed by atoms with E-state index in [1.54, 1.807) is 6.92 Å². The molecule has 1 rings (SSSR count). The summed E-state index contributed by atoms with van der Waals surface area (Å²) < 4.78 is 4.84. The maximum atomic E-state index is 11.2. The van der Waals surface area contributed by atoms with E-state index < -0.39 is 0 Å². The highest BCUT2D eigenvalue weighted by atomic mass is 16.3. The summed E-state index contributed by atoms with van der Waals surface area (Å²) in [5, 5.41) is 2.73. The lowest BCUT2D eigenvalue weighted by atomic mass is 10.2. The predicted molar refractivity (Wildman–Crippen MR) is 51.1 cm³/mol. The van der Waals surface area contributed by atoms with E-state index in [0.29, 0.717) is 0 Å². The number of nitrogens with zero attached hydrogens (tertiary/aromatic N) is 1. The molecule has 1 unspecified atom stereocenters. The molecule has 4 heteroatoms. The van der Waals surface area contributed by atoms with Crippen molar-refractivity contribution < 1.29 is 9.21 Å². The zero-order valence-electron chi connectivity index (χ0n) is 8.20. The second kappa shape index (κ2) is 5.07. The van der Waals surface area contributed by atoms with Gasteiger partial charge in [-0.3, -0.25) is 4.79 Å². The van der Waals surface area contributed by atoms with Crippen LogP contribution in [0.2, 0.25) is 0 Å². The van der Waals surface area contributed by atoms with Crippen LogP contribution < -0.4 is 5.32 Å². The average molecular weight is 192 g/mol. The summed E-state index contributed by atoms with van der Waals surface area (Å²) >= 11 is 0. The lowest BCUT2D eigenvalue weighted by Crippen LogP contribution is -2.26. The third kappa shape index (κ3) is 2.63. The smallest absolute Gasteiger partial charge is 0.296 e. The van der Waals surface area contributed by atoms with Gasteiger partial charge in [0.05, 0.1) is 6.04 Å². The molecule has 1 heterocycles. The van der Waals surface area contributed by atoms with Gasteiger partial charge in [0.15, 0.2) is 6.39 Å². The van der Waals surface area contributed by atoms with E-state index in [0.717, 1.165) is 12.1 Å². The minimum absolute atomic E-state index is 0.123. The van der Waals surface area contributed by atoms with Gasteiger partial charge in [-0.2, -0.15) is 0 Å². The van der Waals surface area contributed by atoms with Crippen LogP contribution in [0.25, 0.3) is 0 Å². The normalized spacial score (nSPS) is 11.3. The van der Waals surface area contributed by atoms with Crippen molar-refractivity contribution in [2.75, 3.05) is 0 Å². The molecule has 0 saturated heterocycles. The van der Waals surface area contributed by atoms with Crippen LogP contribution in [-0.4, -0.2) is 10.9 Å². The third-order valence-electron chi connectivity index (χ3n) is 1.76. The number of hydrogen-bond acceptors (Lipinski definition) is 3. The Morgan fingerprint density at radius 1 is 1.79 bits per heavy atom. The highest BCUT2D eigenvalue weighted by Gasteiger charge is 2.13. The number of rotatable bonds is 3. The third-order valence-corrected chi connectivity index (χ3v) is 1.76. The van der Waals surface area contributed by atoms with Gasteiger partial charge in [0.25, 0.3) is 5.91 Å². The van der Waals surface area contributed by atoms with E-state index in [1.165, 1.54) is 12.7 Å². The van der Waals surface area contributed by atoms with Gasteiger partial charge in [-0.05, 0) is 19.3 Å². The molecule has 0 saturated carbocycles. The fourth-order valence-corrected chi connectivity index (χ4v) is 1.09. The van der Waals surface area contributed by atoms with Crippen LogP contribution in [0.5, 0.6) is 0 Å². The van der Waals surface area contributed by atoms with Gasteiger partial charge in [-0.1, -0.05) is 12.8 Å². The summed E-state index contributed by atoms with van der Waals surface area (Å²) in [4.78, 5) is 15.1. The molecule has 0 aliphatic carbocycles. The van der Waals surface area contributed by atoms with Gasteiger partial charge in [0.1, 0.15) is 12.0 Å². The molecule has 0 aromatic carbocycles. The summed E-state index contributed by atoms with van der Waals surface area (Å²) in [5.41, 5.74) is 0.721. The van der Waals surface area contributed by atoms with Crippen molar-refractivity contribution >= 4 is 5.91 Å². The van der Waals surface area contributed by atoms with Crippen molar-refractivity contribution in [1.82, 2.24) is 10.3 Å². The zero-order valence-corrected chi connectivity index (χ0v) is 8.20. The van der Waals surface area contributed by atoms with E-state index in [9.17, 15) is 4.79 Å². The Balaban J connectivity index is 2.63. The fourth-order valence-electron chi connectivity index (χ4n) is 1.09. The molecule has 0 aliphatic rings. The minimum atomic E-state index is -0.289. The van der Waals surface area contributed by atoms with Crippen molar-refractivity contribution in [1.29, 1.82) is 0 Å². The number of aromatic nitrogens is 1. The number of nitrogens with one attached hydrogen (secondary N) is 1. The number of carbonyl (C=O) groups excluding carboxylic acids is 1. The second-order valence-electron chi connectivity index (χ2n) is 2.72. The van der Waals surface area contributed by atoms with Gasteiger partial charge >= 0.3 is 0 Å². The first-order valence-electron chi connectivity index (χ1n) is 4.39. The molecule has 74 valence electrons. The Morgan fingerprint density at radius 3 is 3.07 bits per heavy atom. The molecule has 0 radical (unpaired) electrons. The van der Waals surface area contributed by atoms with E-state index in [-0.39, 0.29) is 11.9 Å². The summed E-state index contributed by atoms with van der Waals surface area (Å²) in [6.45, 7) is 3.58. The number of oxazole rings is 1. The lowest BCUT2D eigenvalue weighted by Gasteiger charge is -2.11. The standard InChI is InChI=1S/C10H12N2O2/c1-3-5-10(13)12-8(4-2)9-6-14-7-11-9/h6-8H,4H2,1-2H3,(H,12,13). The lowest BCUT2D eigenvalue weighted by molar-refractivity contribution is -0.116. The van der Waals surface area contributed by atoms with Crippen LogP contribution in [0, 0.1) is 11.8 Å². The summed E-state index contributed by atoms with van der Waals surface area (Å²) in [6, 6.07) is -0.123. The summed E-state index contributed by atoms with van der Waals surface area (Å²) in [5.74, 6) is 4.66. The number of carbonyl (C=O) groups is 1. The molecule has 0 spiro atoms. The summed E-state index contributed by atoms with van der Waals surface area (Å²) in [6.07, 6.45) is 3.62. The monoisotopic (exact) mass is 192 g/mol. The first-order chi connectivity index (χ1) is 6.77. The van der Waals surface area contributed by atoms with Crippen LogP contribution >= 0.6 is 0 Å². The van der Waals surface area contributed by atoms with E-state index in [4.69, 9.17) is 4.42 Å². The quantitative estimate of drug-likeness (QED) is 0.733. The Kier molecular flexibility index (Phi) is 3.74. The molecule has 14 heavy (non-hydrogen) atoms. The molecule has 0 aliphatic heterocycles. The first kappa shape index (κ1) is 10.3. The minimum Gasteiger partial charge on any atom is -0.451 e. The predicted octanol–water partition coefficient (Wildman–Crippen LogP) is 1.27. The molecule has 0 bridgehead atoms. The molecule has 1 aromatic heterocycles. The topological polar surface area (TPSA) is 55.1 Å². The Hall–Kier alpha value is -1.76. The molecule has 4 nitrogen and oxygen atoms in total. The van der Waals surface area contributed by atoms with Crippen molar-refractivity contribution in [3.05, 3.63) is 18.4 Å². The van der Waals surface area contributed by atoms with Crippen LogP contribution in [0.1, 0.15) is 32.0 Å². The van der Waals surface area contributed by atoms with Crippen LogP contribution in [0.15, 0.2) is 17.1 Å². The van der Waals surface area contributed by atoms with E-state index in [2.05, 4.69) is 22.1 Å². The molecular formula is C10H12N2O2. The maximum Gasteiger partial charge on any atom is 0.296 e. The Bertz CT molecular complexity index is 346. The van der Waals surface area contributed by atoms with Gasteiger partial charge in [-0.25, -0.2) is 4.98 Å². The van der Waals surface area contributed by atoms with Crippen LogP contribution in [-0.2, 0) is 4.79 Å². The van der Waals surface area contributed by atoms with Crippen molar-refractivity contribution in [3.63, 3.8) is 0 Å². The largest absolute Gasteiger partial charge is 0.451 e. The molecule has 1 amide bonds. The molecule has 1 atom stereocenters. The van der Waals surface area contributed by atoms with Crippen LogP contribution in [0.3, 0.4) is 0 Å². The van der Waals surface area contributed by atoms with Crippen molar-refractivity contribution in [3.8, 4) is 11.8 Å². The average Bonchev–Trinajstić information content (AvgIpc) is 2.67. The number of amides is 1. The van der Waals surface area contributed by atoms with Gasteiger partial charge in [-0.15, -0.1) is 0 Å². The summed E-state index contributed by atoms with van der Waals surface area (Å²) in [7, 11) is 0. The first-order valence-corrected chi connectivity index (χ1v) is 4.39. The Morgan fingerprint density at radius 2 is 2.57 bits per heavy atom. The van der Waals surface area contributed by atoms with Crippen LogP contribution in [0.4, 0.5) is 0 Å². The Labute approximate surface area is 82.7 Å². The van der Waals surface area contributed by atoms with Crippen molar-refractivity contribution in [2.45, 2.75) is 26.3 Å². The van der Waals surface area contributed by atoms with Gasteiger partial charge in [0, 0.05) is 0 Å².